The average molecular weight is 191 g/mol. The Morgan fingerprint density at radius 2 is 2.36 bits per heavy atom. The van der Waals surface area contributed by atoms with Gasteiger partial charge in [-0.3, -0.25) is 5.10 Å². The van der Waals surface area contributed by atoms with Gasteiger partial charge in [0.15, 0.2) is 0 Å². The SMILES string of the molecule is CC1(Oc2ccc3[nH]ncc3n2)CC1.[HH]. The lowest BCUT2D eigenvalue weighted by Crippen LogP contribution is -2.12. The van der Waals surface area contributed by atoms with E-state index in [1.807, 2.05) is 12.1 Å². The molecule has 0 unspecified atom stereocenters. The molecule has 1 fully saturated rings. The minimum absolute atomic E-state index is 0. The molecule has 2 aromatic rings. The van der Waals surface area contributed by atoms with E-state index < -0.39 is 0 Å². The molecule has 74 valence electrons. The number of rotatable bonds is 2. The lowest BCUT2D eigenvalue weighted by molar-refractivity contribution is 0.192. The predicted molar refractivity (Wildman–Crippen MR) is 54.3 cm³/mol. The number of hydrogen-bond acceptors (Lipinski definition) is 3. The third-order valence-electron chi connectivity index (χ3n) is 2.58. The van der Waals surface area contributed by atoms with Gasteiger partial charge in [-0.2, -0.15) is 5.10 Å². The highest BCUT2D eigenvalue weighted by atomic mass is 16.5. The molecule has 1 N–H and O–H groups in total. The Kier molecular flexibility index (Phi) is 1.37. The van der Waals surface area contributed by atoms with E-state index >= 15 is 0 Å². The van der Waals surface area contributed by atoms with E-state index in [-0.39, 0.29) is 7.03 Å². The van der Waals surface area contributed by atoms with Crippen LogP contribution in [-0.2, 0) is 0 Å². The Hall–Kier alpha value is -1.58. The largest absolute Gasteiger partial charge is 0.471 e. The van der Waals surface area contributed by atoms with Gasteiger partial charge in [0.2, 0.25) is 5.88 Å². The first-order valence-corrected chi connectivity index (χ1v) is 4.74. The molecule has 0 radical (unpaired) electrons. The molecule has 2 aromatic heterocycles. The maximum absolute atomic E-state index is 5.74. The van der Waals surface area contributed by atoms with Crippen molar-refractivity contribution >= 4 is 11.0 Å². The molecular formula is C10H13N3O. The van der Waals surface area contributed by atoms with Crippen LogP contribution in [0.2, 0.25) is 0 Å². The number of hydrogen-bond donors (Lipinski definition) is 1. The van der Waals surface area contributed by atoms with Gasteiger partial charge in [-0.1, -0.05) is 0 Å². The van der Waals surface area contributed by atoms with Crippen molar-refractivity contribution in [2.24, 2.45) is 0 Å². The van der Waals surface area contributed by atoms with Crippen LogP contribution in [-0.4, -0.2) is 20.8 Å². The highest BCUT2D eigenvalue weighted by Gasteiger charge is 2.40. The second kappa shape index (κ2) is 2.47. The van der Waals surface area contributed by atoms with Crippen molar-refractivity contribution in [3.63, 3.8) is 0 Å². The van der Waals surface area contributed by atoms with E-state index in [2.05, 4.69) is 22.1 Å². The molecular weight excluding hydrogens is 178 g/mol. The first-order valence-electron chi connectivity index (χ1n) is 4.74. The fourth-order valence-corrected chi connectivity index (χ4v) is 1.40. The zero-order valence-electron chi connectivity index (χ0n) is 7.95. The van der Waals surface area contributed by atoms with Gasteiger partial charge in [0, 0.05) is 7.49 Å². The van der Waals surface area contributed by atoms with E-state index in [1.54, 1.807) is 6.20 Å². The fourth-order valence-electron chi connectivity index (χ4n) is 1.40. The summed E-state index contributed by atoms with van der Waals surface area (Å²) in [6.07, 6.45) is 3.95. The summed E-state index contributed by atoms with van der Waals surface area (Å²) < 4.78 is 5.74. The molecule has 0 aliphatic heterocycles. The highest BCUT2D eigenvalue weighted by Crippen LogP contribution is 2.39. The van der Waals surface area contributed by atoms with Gasteiger partial charge in [-0.25, -0.2) is 4.98 Å². The molecule has 0 atom stereocenters. The Bertz CT molecular complexity index is 478. The molecule has 0 amide bonds. The molecule has 2 heterocycles. The minimum Gasteiger partial charge on any atom is -0.471 e. The maximum atomic E-state index is 5.74. The summed E-state index contributed by atoms with van der Waals surface area (Å²) in [5.74, 6) is 0.693. The maximum Gasteiger partial charge on any atom is 0.214 e. The second-order valence-electron chi connectivity index (χ2n) is 4.00. The van der Waals surface area contributed by atoms with Crippen LogP contribution >= 0.6 is 0 Å². The summed E-state index contributed by atoms with van der Waals surface area (Å²) in [6, 6.07) is 3.82. The topological polar surface area (TPSA) is 50.8 Å². The van der Waals surface area contributed by atoms with Crippen LogP contribution in [0.4, 0.5) is 0 Å². The van der Waals surface area contributed by atoms with Crippen LogP contribution in [0.15, 0.2) is 18.3 Å². The molecule has 4 heteroatoms. The number of pyridine rings is 1. The first kappa shape index (κ1) is 7.79. The molecule has 1 saturated carbocycles. The monoisotopic (exact) mass is 191 g/mol. The molecule has 4 nitrogen and oxygen atoms in total. The van der Waals surface area contributed by atoms with Crippen molar-refractivity contribution in [2.45, 2.75) is 25.4 Å². The lowest BCUT2D eigenvalue weighted by Gasteiger charge is -2.10. The number of fused-ring (bicyclic) bond motifs is 1. The average Bonchev–Trinajstić information content (AvgIpc) is 2.73. The summed E-state index contributed by atoms with van der Waals surface area (Å²) in [5.41, 5.74) is 1.83. The van der Waals surface area contributed by atoms with Crippen molar-refractivity contribution in [1.29, 1.82) is 0 Å². The summed E-state index contributed by atoms with van der Waals surface area (Å²) in [5, 5.41) is 6.77. The van der Waals surface area contributed by atoms with Gasteiger partial charge in [0.25, 0.3) is 0 Å². The van der Waals surface area contributed by atoms with Crippen molar-refractivity contribution in [3.05, 3.63) is 18.3 Å². The van der Waals surface area contributed by atoms with Crippen molar-refractivity contribution in [3.8, 4) is 5.88 Å². The third kappa shape index (κ3) is 1.23. The zero-order chi connectivity index (χ0) is 9.60. The van der Waals surface area contributed by atoms with Crippen molar-refractivity contribution in [2.75, 3.05) is 0 Å². The van der Waals surface area contributed by atoms with E-state index in [4.69, 9.17) is 4.74 Å². The number of ether oxygens (including phenoxy) is 1. The number of nitrogens with zero attached hydrogens (tertiary/aromatic N) is 2. The van der Waals surface area contributed by atoms with Crippen LogP contribution < -0.4 is 4.74 Å². The van der Waals surface area contributed by atoms with Crippen LogP contribution in [0.5, 0.6) is 5.88 Å². The zero-order valence-corrected chi connectivity index (χ0v) is 7.95. The normalized spacial score (nSPS) is 18.4. The quantitative estimate of drug-likeness (QED) is 0.791. The number of aromatic amines is 1. The predicted octanol–water partition coefficient (Wildman–Crippen LogP) is 2.14. The van der Waals surface area contributed by atoms with Crippen molar-refractivity contribution < 1.29 is 6.16 Å². The molecule has 0 spiro atoms. The lowest BCUT2D eigenvalue weighted by atomic mass is 10.4. The number of nitrogens with one attached hydrogen (secondary N) is 1. The molecule has 14 heavy (non-hydrogen) atoms. The molecule has 3 rings (SSSR count). The summed E-state index contributed by atoms with van der Waals surface area (Å²) in [7, 11) is 0. The standard InChI is InChI=1S/C10H11N3O.H2/c1-10(4-5-10)14-9-3-2-7-8(12-9)6-11-13-7;/h2-3,6H,4-5H2,1H3,(H,11,13);1H. The van der Waals surface area contributed by atoms with Crippen LogP contribution in [0.1, 0.15) is 21.2 Å². The van der Waals surface area contributed by atoms with Gasteiger partial charge in [-0.15, -0.1) is 0 Å². The van der Waals surface area contributed by atoms with Gasteiger partial charge in [0.05, 0.1) is 11.7 Å². The van der Waals surface area contributed by atoms with Gasteiger partial charge in [-0.05, 0) is 25.8 Å². The van der Waals surface area contributed by atoms with E-state index in [1.165, 1.54) is 0 Å². The van der Waals surface area contributed by atoms with Crippen LogP contribution in [0.3, 0.4) is 0 Å². The minimum atomic E-state index is 0. The first-order chi connectivity index (χ1) is 6.75. The van der Waals surface area contributed by atoms with Crippen LogP contribution in [0, 0.1) is 0 Å². The molecule has 0 bridgehead atoms. The van der Waals surface area contributed by atoms with Gasteiger partial charge >= 0.3 is 0 Å². The summed E-state index contributed by atoms with van der Waals surface area (Å²) >= 11 is 0. The smallest absolute Gasteiger partial charge is 0.214 e. The molecule has 0 aromatic carbocycles. The van der Waals surface area contributed by atoms with Gasteiger partial charge in [0.1, 0.15) is 11.1 Å². The number of aromatic nitrogens is 3. The number of H-pyrrole nitrogens is 1. The van der Waals surface area contributed by atoms with E-state index in [9.17, 15) is 0 Å². The van der Waals surface area contributed by atoms with Crippen molar-refractivity contribution in [1.82, 2.24) is 15.2 Å². The Labute approximate surface area is 82.8 Å². The molecule has 1 aliphatic carbocycles. The van der Waals surface area contributed by atoms with Gasteiger partial charge < -0.3 is 4.74 Å². The van der Waals surface area contributed by atoms with E-state index in [0.29, 0.717) is 5.88 Å². The van der Waals surface area contributed by atoms with E-state index in [0.717, 1.165) is 23.9 Å². The fraction of sp³-hybridized carbons (Fsp3) is 0.400. The third-order valence-corrected chi connectivity index (χ3v) is 2.58. The summed E-state index contributed by atoms with van der Waals surface area (Å²) in [6.45, 7) is 2.11. The summed E-state index contributed by atoms with van der Waals surface area (Å²) in [4.78, 5) is 4.34. The molecule has 1 aliphatic rings. The van der Waals surface area contributed by atoms with Crippen LogP contribution in [0.25, 0.3) is 11.0 Å². The Morgan fingerprint density at radius 3 is 3.14 bits per heavy atom. The molecule has 0 saturated heterocycles. The highest BCUT2D eigenvalue weighted by molar-refractivity contribution is 5.73. The Balaban J connectivity index is 0.000000853. The second-order valence-corrected chi connectivity index (χ2v) is 4.00. The Morgan fingerprint density at radius 1 is 1.50 bits per heavy atom.